The highest BCUT2D eigenvalue weighted by molar-refractivity contribution is 7.93. The van der Waals surface area contributed by atoms with Gasteiger partial charge >= 0.3 is 5.69 Å². The maximum Gasteiger partial charge on any atom is 0.309 e. The van der Waals surface area contributed by atoms with Crippen molar-refractivity contribution in [1.29, 1.82) is 0 Å². The molecule has 2 N–H and O–H groups in total. The molecule has 0 aliphatic carbocycles. The highest BCUT2D eigenvalue weighted by atomic mass is 32.2. The van der Waals surface area contributed by atoms with Crippen LogP contribution in [0.4, 0.5) is 16.5 Å². The van der Waals surface area contributed by atoms with Crippen molar-refractivity contribution in [3.8, 4) is 0 Å². The van der Waals surface area contributed by atoms with E-state index in [9.17, 15) is 23.3 Å². The van der Waals surface area contributed by atoms with E-state index in [2.05, 4.69) is 20.1 Å². The zero-order valence-electron chi connectivity index (χ0n) is 15.1. The van der Waals surface area contributed by atoms with E-state index in [0.29, 0.717) is 5.69 Å². The number of nitrogens with one attached hydrogen (secondary N) is 2. The van der Waals surface area contributed by atoms with Gasteiger partial charge in [0, 0.05) is 30.2 Å². The van der Waals surface area contributed by atoms with E-state index in [4.69, 9.17) is 0 Å². The molecule has 2 heterocycles. The van der Waals surface area contributed by atoms with Crippen molar-refractivity contribution in [2.75, 3.05) is 10.0 Å². The number of nitrogens with zero attached hydrogens (tertiary/aromatic N) is 4. The van der Waals surface area contributed by atoms with Crippen molar-refractivity contribution in [3.05, 3.63) is 57.8 Å². The highest BCUT2D eigenvalue weighted by Crippen LogP contribution is 2.20. The number of aromatic nitrogens is 3. The highest BCUT2D eigenvalue weighted by Gasteiger charge is 2.17. The van der Waals surface area contributed by atoms with Crippen LogP contribution in [-0.4, -0.2) is 34.0 Å². The lowest BCUT2D eigenvalue weighted by Gasteiger charge is -2.08. The molecule has 0 atom stereocenters. The fourth-order valence-electron chi connectivity index (χ4n) is 2.41. The summed E-state index contributed by atoms with van der Waals surface area (Å²) in [6.07, 6.45) is 2.81. The average Bonchev–Trinajstić information content (AvgIpc) is 3.29. The molecule has 0 saturated heterocycles. The van der Waals surface area contributed by atoms with Gasteiger partial charge in [-0.2, -0.15) is 5.10 Å². The van der Waals surface area contributed by atoms with Gasteiger partial charge < -0.3 is 5.32 Å². The molecule has 0 aliphatic heterocycles. The zero-order chi connectivity index (χ0) is 21.0. The molecule has 3 aromatic rings. The van der Waals surface area contributed by atoms with Crippen molar-refractivity contribution < 1.29 is 18.1 Å². The number of rotatable bonds is 8. The van der Waals surface area contributed by atoms with Crippen molar-refractivity contribution in [3.63, 3.8) is 0 Å². The number of thiazole rings is 1. The average molecular weight is 436 g/mol. The van der Waals surface area contributed by atoms with E-state index in [1.54, 1.807) is 5.38 Å². The first-order valence-corrected chi connectivity index (χ1v) is 10.6. The number of amides is 1. The van der Waals surface area contributed by atoms with Gasteiger partial charge in [0.2, 0.25) is 5.91 Å². The lowest BCUT2D eigenvalue weighted by atomic mass is 10.3. The molecule has 0 saturated carbocycles. The summed E-state index contributed by atoms with van der Waals surface area (Å²) >= 11 is 1.16. The maximum absolute atomic E-state index is 12.3. The van der Waals surface area contributed by atoms with Crippen molar-refractivity contribution >= 4 is 43.8 Å². The Morgan fingerprint density at radius 2 is 2.03 bits per heavy atom. The van der Waals surface area contributed by atoms with Gasteiger partial charge in [-0.05, 0) is 31.2 Å². The number of aryl methyl sites for hydroxylation is 2. The fraction of sp³-hybridized carbons (Fsp3) is 0.188. The second kappa shape index (κ2) is 8.36. The molecule has 13 heteroatoms. The quantitative estimate of drug-likeness (QED) is 0.406. The molecule has 1 aromatic carbocycles. The number of carbonyl (C=O) groups excluding carboxylic acids is 1. The van der Waals surface area contributed by atoms with Crippen LogP contribution in [0.15, 0.2) is 46.9 Å². The Kier molecular flexibility index (Phi) is 5.89. The molecule has 11 nitrogen and oxygen atoms in total. The molecule has 29 heavy (non-hydrogen) atoms. The molecule has 0 fully saturated rings. The summed E-state index contributed by atoms with van der Waals surface area (Å²) in [7, 11) is -3.76. The van der Waals surface area contributed by atoms with Crippen molar-refractivity contribution in [2.45, 2.75) is 24.8 Å². The zero-order valence-corrected chi connectivity index (χ0v) is 16.7. The van der Waals surface area contributed by atoms with Gasteiger partial charge in [-0.25, -0.2) is 13.4 Å². The summed E-state index contributed by atoms with van der Waals surface area (Å²) in [5.74, 6) is -0.336. The Morgan fingerprint density at radius 3 is 2.62 bits per heavy atom. The minimum atomic E-state index is -3.76. The SMILES string of the molecule is Cc1nn(CCC(=O)Nc2ccc(S(=O)(=O)Nc3nccs3)cc2)cc1[N+](=O)[O-]. The lowest BCUT2D eigenvalue weighted by Crippen LogP contribution is -2.15. The summed E-state index contributed by atoms with van der Waals surface area (Å²) < 4.78 is 28.3. The Morgan fingerprint density at radius 1 is 1.31 bits per heavy atom. The second-order valence-corrected chi connectivity index (χ2v) is 8.46. The molecule has 2 aromatic heterocycles. The van der Waals surface area contributed by atoms with E-state index in [1.807, 2.05) is 0 Å². The summed E-state index contributed by atoms with van der Waals surface area (Å²) in [6, 6.07) is 5.67. The molecule has 0 bridgehead atoms. The number of hydrogen-bond donors (Lipinski definition) is 2. The largest absolute Gasteiger partial charge is 0.326 e. The monoisotopic (exact) mass is 436 g/mol. The van der Waals surface area contributed by atoms with E-state index in [0.717, 1.165) is 11.3 Å². The fourth-order valence-corrected chi connectivity index (χ4v) is 4.19. The van der Waals surface area contributed by atoms with Crippen LogP contribution < -0.4 is 10.0 Å². The Bertz CT molecular complexity index is 1120. The number of benzene rings is 1. The topological polar surface area (TPSA) is 149 Å². The van der Waals surface area contributed by atoms with Gasteiger partial charge in [-0.3, -0.25) is 24.3 Å². The van der Waals surface area contributed by atoms with Crippen LogP contribution in [0.25, 0.3) is 0 Å². The van der Waals surface area contributed by atoms with Crippen molar-refractivity contribution in [2.24, 2.45) is 0 Å². The number of nitro groups is 1. The minimum absolute atomic E-state index is 0.0324. The Balaban J connectivity index is 1.57. The molecular formula is C16H16N6O5S2. The van der Waals surface area contributed by atoms with E-state index in [1.165, 1.54) is 48.3 Å². The molecule has 152 valence electrons. The lowest BCUT2D eigenvalue weighted by molar-refractivity contribution is -0.385. The van der Waals surface area contributed by atoms with Gasteiger partial charge in [0.15, 0.2) is 5.13 Å². The normalized spacial score (nSPS) is 11.2. The third kappa shape index (κ3) is 5.14. The van der Waals surface area contributed by atoms with E-state index >= 15 is 0 Å². The minimum Gasteiger partial charge on any atom is -0.326 e. The Hall–Kier alpha value is -3.32. The Labute approximate surface area is 169 Å². The van der Waals surface area contributed by atoms with Gasteiger partial charge in [-0.1, -0.05) is 0 Å². The summed E-state index contributed by atoms with van der Waals surface area (Å²) in [5.41, 5.74) is 0.595. The molecule has 0 unspecified atom stereocenters. The van der Waals surface area contributed by atoms with Crippen LogP contribution in [0.5, 0.6) is 0 Å². The standard InChI is InChI=1S/C16H16N6O5S2/c1-11-14(22(24)25)10-21(19-11)8-6-15(23)18-12-2-4-13(5-3-12)29(26,27)20-16-17-7-9-28-16/h2-5,7,9-10H,6,8H2,1H3,(H,17,20)(H,18,23). The van der Waals surface area contributed by atoms with Gasteiger partial charge in [0.25, 0.3) is 10.0 Å². The first-order chi connectivity index (χ1) is 13.7. The number of carbonyl (C=O) groups is 1. The second-order valence-electron chi connectivity index (χ2n) is 5.89. The number of anilines is 2. The van der Waals surface area contributed by atoms with Gasteiger partial charge in [0.1, 0.15) is 11.9 Å². The molecular weight excluding hydrogens is 420 g/mol. The molecule has 1 amide bonds. The van der Waals surface area contributed by atoms with Crippen LogP contribution in [-0.2, 0) is 21.4 Å². The van der Waals surface area contributed by atoms with Crippen LogP contribution in [0, 0.1) is 17.0 Å². The summed E-state index contributed by atoms with van der Waals surface area (Å²) in [5, 5.41) is 19.4. The third-order valence-corrected chi connectivity index (χ3v) is 5.96. The van der Waals surface area contributed by atoms with Crippen molar-refractivity contribution in [1.82, 2.24) is 14.8 Å². The number of sulfonamides is 1. The number of hydrogen-bond acceptors (Lipinski definition) is 8. The van der Waals surface area contributed by atoms with Crippen LogP contribution >= 0.6 is 11.3 Å². The first kappa shape index (κ1) is 20.4. The first-order valence-electron chi connectivity index (χ1n) is 8.25. The van der Waals surface area contributed by atoms with Crippen LogP contribution in [0.3, 0.4) is 0 Å². The van der Waals surface area contributed by atoms with Gasteiger partial charge in [-0.15, -0.1) is 11.3 Å². The van der Waals surface area contributed by atoms with E-state index < -0.39 is 14.9 Å². The molecule has 3 rings (SSSR count). The van der Waals surface area contributed by atoms with Crippen LogP contribution in [0.1, 0.15) is 12.1 Å². The predicted molar refractivity (Wildman–Crippen MR) is 106 cm³/mol. The molecule has 0 spiro atoms. The third-order valence-electron chi connectivity index (χ3n) is 3.79. The predicted octanol–water partition coefficient (Wildman–Crippen LogP) is 2.39. The van der Waals surface area contributed by atoms with E-state index in [-0.39, 0.29) is 40.3 Å². The molecule has 0 aliphatic rings. The summed E-state index contributed by atoms with van der Waals surface area (Å²) in [6.45, 7) is 1.69. The molecule has 0 radical (unpaired) electrons. The van der Waals surface area contributed by atoms with Crippen LogP contribution in [0.2, 0.25) is 0 Å². The smallest absolute Gasteiger partial charge is 0.309 e. The van der Waals surface area contributed by atoms with Gasteiger partial charge in [0.05, 0.1) is 9.82 Å². The summed E-state index contributed by atoms with van der Waals surface area (Å²) in [4.78, 5) is 26.3. The maximum atomic E-state index is 12.3.